The lowest BCUT2D eigenvalue weighted by molar-refractivity contribution is -0.147. The molecule has 1 amide bonds. The molecule has 1 N–H and O–H groups in total. The summed E-state index contributed by atoms with van der Waals surface area (Å²) in [5.74, 6) is -3.74. The Morgan fingerprint density at radius 2 is 1.45 bits per heavy atom. The minimum absolute atomic E-state index is 0.274. The molecule has 0 aromatic heterocycles. The summed E-state index contributed by atoms with van der Waals surface area (Å²) in [5, 5.41) is 2.41. The summed E-state index contributed by atoms with van der Waals surface area (Å²) < 4.78 is 32.8. The number of hydrogen-bond acceptors (Lipinski definition) is 3. The van der Waals surface area contributed by atoms with E-state index in [-0.39, 0.29) is 12.5 Å². The van der Waals surface area contributed by atoms with Crippen LogP contribution >= 0.6 is 0 Å². The second kappa shape index (κ2) is 14.1. The zero-order valence-corrected chi connectivity index (χ0v) is 17.9. The van der Waals surface area contributed by atoms with E-state index in [1.54, 1.807) is 13.8 Å². The maximum atomic E-state index is 13.8. The van der Waals surface area contributed by atoms with E-state index < -0.39 is 35.1 Å². The van der Waals surface area contributed by atoms with Gasteiger partial charge < -0.3 is 10.1 Å². The standard InChI is InChI=1S/C23H35F2NO3/c1-4-5-6-7-8-9-10-11-12-16-29-23(28)21(17(2)3)26-22(27)20-18(24)14-13-15-19(20)25/h13-15,17,21H,4-12,16H2,1-3H3,(H,26,27). The lowest BCUT2D eigenvalue weighted by Gasteiger charge is -2.21. The number of nitrogens with one attached hydrogen (secondary N) is 1. The average molecular weight is 412 g/mol. The van der Waals surface area contributed by atoms with Crippen LogP contribution in [-0.4, -0.2) is 24.5 Å². The molecule has 0 aliphatic rings. The van der Waals surface area contributed by atoms with E-state index in [0.29, 0.717) is 0 Å². The van der Waals surface area contributed by atoms with Gasteiger partial charge in [-0.05, 0) is 24.5 Å². The molecular weight excluding hydrogens is 376 g/mol. The second-order valence-corrected chi connectivity index (χ2v) is 7.79. The molecule has 0 fully saturated rings. The zero-order chi connectivity index (χ0) is 21.6. The third kappa shape index (κ3) is 9.37. The highest BCUT2D eigenvalue weighted by molar-refractivity contribution is 5.97. The van der Waals surface area contributed by atoms with Crippen LogP contribution in [-0.2, 0) is 9.53 Å². The number of hydrogen-bond donors (Lipinski definition) is 1. The van der Waals surface area contributed by atoms with E-state index in [1.165, 1.54) is 44.6 Å². The Labute approximate surface area is 173 Å². The fourth-order valence-corrected chi connectivity index (χ4v) is 3.10. The van der Waals surface area contributed by atoms with Gasteiger partial charge in [-0.1, -0.05) is 78.2 Å². The normalized spacial score (nSPS) is 12.1. The van der Waals surface area contributed by atoms with E-state index in [0.717, 1.165) is 31.4 Å². The Hall–Kier alpha value is -1.98. The third-order valence-electron chi connectivity index (χ3n) is 4.89. The Morgan fingerprint density at radius 3 is 1.97 bits per heavy atom. The molecule has 0 heterocycles. The molecule has 164 valence electrons. The Balaban J connectivity index is 2.37. The van der Waals surface area contributed by atoms with Crippen LogP contribution in [0, 0.1) is 17.6 Å². The fourth-order valence-electron chi connectivity index (χ4n) is 3.10. The van der Waals surface area contributed by atoms with Crippen molar-refractivity contribution in [3.05, 3.63) is 35.4 Å². The summed E-state index contributed by atoms with van der Waals surface area (Å²) >= 11 is 0. The first-order valence-electron chi connectivity index (χ1n) is 10.8. The predicted molar refractivity (Wildman–Crippen MR) is 111 cm³/mol. The van der Waals surface area contributed by atoms with Gasteiger partial charge in [0.2, 0.25) is 0 Å². The van der Waals surface area contributed by atoms with Gasteiger partial charge in [-0.15, -0.1) is 0 Å². The highest BCUT2D eigenvalue weighted by atomic mass is 19.1. The minimum atomic E-state index is -0.965. The number of benzene rings is 1. The summed E-state index contributed by atoms with van der Waals surface area (Å²) in [6.07, 6.45) is 10.4. The van der Waals surface area contributed by atoms with Crippen LogP contribution < -0.4 is 5.32 Å². The SMILES string of the molecule is CCCCCCCCCCCOC(=O)C(NC(=O)c1c(F)cccc1F)C(C)C. The van der Waals surface area contributed by atoms with Gasteiger partial charge in [-0.3, -0.25) is 4.79 Å². The van der Waals surface area contributed by atoms with Crippen LogP contribution in [0.4, 0.5) is 8.78 Å². The number of rotatable bonds is 14. The first-order chi connectivity index (χ1) is 13.9. The van der Waals surface area contributed by atoms with Gasteiger partial charge >= 0.3 is 5.97 Å². The third-order valence-corrected chi connectivity index (χ3v) is 4.89. The van der Waals surface area contributed by atoms with Gasteiger partial charge in [-0.25, -0.2) is 13.6 Å². The Kier molecular flexibility index (Phi) is 12.2. The smallest absolute Gasteiger partial charge is 0.328 e. The minimum Gasteiger partial charge on any atom is -0.464 e. The van der Waals surface area contributed by atoms with Crippen molar-refractivity contribution in [1.82, 2.24) is 5.32 Å². The number of ether oxygens (including phenoxy) is 1. The maximum absolute atomic E-state index is 13.8. The van der Waals surface area contributed by atoms with Crippen molar-refractivity contribution in [2.24, 2.45) is 5.92 Å². The van der Waals surface area contributed by atoms with Crippen molar-refractivity contribution in [1.29, 1.82) is 0 Å². The lowest BCUT2D eigenvalue weighted by Crippen LogP contribution is -2.45. The van der Waals surface area contributed by atoms with E-state index in [4.69, 9.17) is 4.74 Å². The van der Waals surface area contributed by atoms with Gasteiger partial charge in [0.25, 0.3) is 5.91 Å². The quantitative estimate of drug-likeness (QED) is 0.311. The van der Waals surface area contributed by atoms with Crippen molar-refractivity contribution >= 4 is 11.9 Å². The lowest BCUT2D eigenvalue weighted by atomic mass is 10.0. The monoisotopic (exact) mass is 411 g/mol. The Morgan fingerprint density at radius 1 is 0.931 bits per heavy atom. The van der Waals surface area contributed by atoms with Crippen LogP contribution in [0.1, 0.15) is 88.9 Å². The number of carbonyl (C=O) groups excluding carboxylic acids is 2. The van der Waals surface area contributed by atoms with E-state index in [9.17, 15) is 18.4 Å². The van der Waals surface area contributed by atoms with E-state index >= 15 is 0 Å². The van der Waals surface area contributed by atoms with Crippen LogP contribution in [0.5, 0.6) is 0 Å². The summed E-state index contributed by atoms with van der Waals surface area (Å²) in [7, 11) is 0. The van der Waals surface area contributed by atoms with Gasteiger partial charge in [0.1, 0.15) is 23.2 Å². The number of esters is 1. The van der Waals surface area contributed by atoms with Crippen molar-refractivity contribution in [3.63, 3.8) is 0 Å². The molecule has 0 aliphatic carbocycles. The highest BCUT2D eigenvalue weighted by Crippen LogP contribution is 2.14. The molecule has 0 aliphatic heterocycles. The van der Waals surface area contributed by atoms with Crippen LogP contribution in [0.25, 0.3) is 0 Å². The number of carbonyl (C=O) groups is 2. The molecule has 4 nitrogen and oxygen atoms in total. The Bertz CT molecular complexity index is 614. The summed E-state index contributed by atoms with van der Waals surface area (Å²) in [4.78, 5) is 24.6. The van der Waals surface area contributed by atoms with E-state index in [2.05, 4.69) is 12.2 Å². The molecule has 0 bridgehead atoms. The van der Waals surface area contributed by atoms with Crippen molar-refractivity contribution < 1.29 is 23.1 Å². The van der Waals surface area contributed by atoms with Crippen LogP contribution in [0.15, 0.2) is 18.2 Å². The molecule has 1 unspecified atom stereocenters. The topological polar surface area (TPSA) is 55.4 Å². The molecule has 0 radical (unpaired) electrons. The second-order valence-electron chi connectivity index (χ2n) is 7.79. The zero-order valence-electron chi connectivity index (χ0n) is 17.9. The van der Waals surface area contributed by atoms with Gasteiger partial charge in [0.05, 0.1) is 6.61 Å². The highest BCUT2D eigenvalue weighted by Gasteiger charge is 2.28. The molecule has 0 saturated heterocycles. The predicted octanol–water partition coefficient (Wildman–Crippen LogP) is 5.79. The number of amides is 1. The maximum Gasteiger partial charge on any atom is 0.328 e. The van der Waals surface area contributed by atoms with Gasteiger partial charge in [0.15, 0.2) is 0 Å². The largest absolute Gasteiger partial charge is 0.464 e. The number of halogens is 2. The molecule has 1 rings (SSSR count). The molecule has 0 spiro atoms. The number of unbranched alkanes of at least 4 members (excludes halogenated alkanes) is 8. The summed E-state index contributed by atoms with van der Waals surface area (Å²) in [6, 6.07) is 2.23. The van der Waals surface area contributed by atoms with Crippen molar-refractivity contribution in [2.75, 3.05) is 6.61 Å². The summed E-state index contributed by atoms with van der Waals surface area (Å²) in [6.45, 7) is 5.96. The van der Waals surface area contributed by atoms with Gasteiger partial charge in [0, 0.05) is 0 Å². The molecule has 1 atom stereocenters. The van der Waals surface area contributed by atoms with Crippen molar-refractivity contribution in [3.8, 4) is 0 Å². The first-order valence-corrected chi connectivity index (χ1v) is 10.8. The molecule has 29 heavy (non-hydrogen) atoms. The molecule has 1 aromatic carbocycles. The molecular formula is C23H35F2NO3. The average Bonchev–Trinajstić information content (AvgIpc) is 2.67. The van der Waals surface area contributed by atoms with Gasteiger partial charge in [-0.2, -0.15) is 0 Å². The fraction of sp³-hybridized carbons (Fsp3) is 0.652. The van der Waals surface area contributed by atoms with Crippen LogP contribution in [0.2, 0.25) is 0 Å². The molecule has 6 heteroatoms. The van der Waals surface area contributed by atoms with E-state index in [1.807, 2.05) is 0 Å². The first kappa shape index (κ1) is 25.1. The van der Waals surface area contributed by atoms with Crippen molar-refractivity contribution in [2.45, 2.75) is 84.6 Å². The molecule has 1 aromatic rings. The summed E-state index contributed by atoms with van der Waals surface area (Å²) in [5.41, 5.74) is -0.690. The molecule has 0 saturated carbocycles. The van der Waals surface area contributed by atoms with Crippen LogP contribution in [0.3, 0.4) is 0 Å².